The number of ketones is 1. The van der Waals surface area contributed by atoms with Crippen molar-refractivity contribution in [2.24, 2.45) is 0 Å². The highest BCUT2D eigenvalue weighted by Gasteiger charge is 2.09. The number of imidazole rings is 1. The summed E-state index contributed by atoms with van der Waals surface area (Å²) in [5, 5.41) is 0.926. The average molecular weight is 252 g/mol. The molecule has 0 atom stereocenters. The molecule has 0 radical (unpaired) electrons. The summed E-state index contributed by atoms with van der Waals surface area (Å²) in [4.78, 5) is 19.1. The van der Waals surface area contributed by atoms with Crippen molar-refractivity contribution in [2.75, 3.05) is 0 Å². The summed E-state index contributed by atoms with van der Waals surface area (Å²) < 4.78 is 5.50. The van der Waals surface area contributed by atoms with Gasteiger partial charge >= 0.3 is 0 Å². The van der Waals surface area contributed by atoms with Crippen LogP contribution in [-0.4, -0.2) is 15.8 Å². The first kappa shape index (κ1) is 11.5. The van der Waals surface area contributed by atoms with Gasteiger partial charge in [-0.2, -0.15) is 0 Å². The Morgan fingerprint density at radius 2 is 2.21 bits per heavy atom. The highest BCUT2D eigenvalue weighted by atomic mass is 16.3. The zero-order chi connectivity index (χ0) is 13.2. The van der Waals surface area contributed by atoms with Crippen LogP contribution >= 0.6 is 0 Å². The monoisotopic (exact) mass is 252 g/mol. The Kier molecular flexibility index (Phi) is 2.76. The number of carbonyl (C=O) groups is 1. The standard InChI is InChI=1S/C15H12N2O2/c1-10-12(17-9-16-10)6-7-13(18)15-8-11-4-2-3-5-14(11)19-15/h2-9H,1H3,(H,16,17)/b7-6+. The fourth-order valence-corrected chi connectivity index (χ4v) is 1.88. The van der Waals surface area contributed by atoms with Gasteiger partial charge in [-0.15, -0.1) is 0 Å². The molecule has 3 aromatic rings. The number of hydrogen-bond donors (Lipinski definition) is 1. The first-order valence-corrected chi connectivity index (χ1v) is 5.95. The van der Waals surface area contributed by atoms with Gasteiger partial charge in [0.15, 0.2) is 5.76 Å². The van der Waals surface area contributed by atoms with Crippen LogP contribution in [0.25, 0.3) is 17.0 Å². The molecule has 0 saturated heterocycles. The molecule has 3 rings (SSSR count). The quantitative estimate of drug-likeness (QED) is 0.574. The molecule has 0 saturated carbocycles. The molecule has 2 aromatic heterocycles. The molecule has 1 aromatic carbocycles. The summed E-state index contributed by atoms with van der Waals surface area (Å²) in [7, 11) is 0. The predicted octanol–water partition coefficient (Wildman–Crippen LogP) is 3.36. The molecule has 0 spiro atoms. The molecule has 1 N–H and O–H groups in total. The number of nitrogens with one attached hydrogen (secondary N) is 1. The Labute approximate surface area is 109 Å². The number of furan rings is 1. The van der Waals surface area contributed by atoms with Crippen molar-refractivity contribution in [1.82, 2.24) is 9.97 Å². The highest BCUT2D eigenvalue weighted by Crippen LogP contribution is 2.19. The van der Waals surface area contributed by atoms with Crippen LogP contribution in [0.3, 0.4) is 0 Å². The molecule has 0 aliphatic heterocycles. The Balaban J connectivity index is 1.88. The van der Waals surface area contributed by atoms with Crippen molar-refractivity contribution in [3.63, 3.8) is 0 Å². The molecule has 0 bridgehead atoms. The maximum absolute atomic E-state index is 12.0. The molecule has 0 aliphatic carbocycles. The van der Waals surface area contributed by atoms with E-state index in [0.717, 1.165) is 22.4 Å². The van der Waals surface area contributed by atoms with Gasteiger partial charge < -0.3 is 9.40 Å². The van der Waals surface area contributed by atoms with Gasteiger partial charge in [-0.3, -0.25) is 4.79 Å². The molecular weight excluding hydrogens is 240 g/mol. The number of para-hydroxylation sites is 1. The van der Waals surface area contributed by atoms with Crippen molar-refractivity contribution in [1.29, 1.82) is 0 Å². The van der Waals surface area contributed by atoms with Crippen molar-refractivity contribution in [3.05, 3.63) is 59.9 Å². The second-order valence-corrected chi connectivity index (χ2v) is 4.26. The Hall–Kier alpha value is -2.62. The summed E-state index contributed by atoms with van der Waals surface area (Å²) in [6, 6.07) is 9.29. The van der Waals surface area contributed by atoms with E-state index in [9.17, 15) is 4.79 Å². The summed E-state index contributed by atoms with van der Waals surface area (Å²) >= 11 is 0. The van der Waals surface area contributed by atoms with Crippen LogP contribution in [-0.2, 0) is 0 Å². The minimum atomic E-state index is -0.168. The maximum atomic E-state index is 12.0. The number of aryl methyl sites for hydroxylation is 1. The normalized spacial score (nSPS) is 11.4. The SMILES string of the molecule is Cc1[nH]cnc1/C=C/C(=O)c1cc2ccccc2o1. The molecule has 94 valence electrons. The number of hydrogen-bond acceptors (Lipinski definition) is 3. The number of rotatable bonds is 3. The number of carbonyl (C=O) groups excluding carboxylic acids is 1. The van der Waals surface area contributed by atoms with E-state index in [4.69, 9.17) is 4.42 Å². The number of fused-ring (bicyclic) bond motifs is 1. The largest absolute Gasteiger partial charge is 0.453 e. The minimum Gasteiger partial charge on any atom is -0.453 e. The predicted molar refractivity (Wildman–Crippen MR) is 72.9 cm³/mol. The molecule has 4 heteroatoms. The van der Waals surface area contributed by atoms with Crippen molar-refractivity contribution in [2.45, 2.75) is 6.92 Å². The lowest BCUT2D eigenvalue weighted by Crippen LogP contribution is -1.90. The van der Waals surface area contributed by atoms with Gasteiger partial charge in [0.25, 0.3) is 0 Å². The van der Waals surface area contributed by atoms with E-state index in [0.29, 0.717) is 5.76 Å². The Bertz CT molecular complexity index is 732. The lowest BCUT2D eigenvalue weighted by atomic mass is 10.2. The fourth-order valence-electron chi connectivity index (χ4n) is 1.88. The summed E-state index contributed by atoms with van der Waals surface area (Å²) in [6.07, 6.45) is 4.75. The van der Waals surface area contributed by atoms with Crippen LogP contribution in [0.5, 0.6) is 0 Å². The number of allylic oxidation sites excluding steroid dienone is 1. The van der Waals surface area contributed by atoms with E-state index in [1.165, 1.54) is 6.08 Å². The van der Waals surface area contributed by atoms with Gasteiger partial charge in [-0.05, 0) is 31.2 Å². The summed E-state index contributed by atoms with van der Waals surface area (Å²) in [6.45, 7) is 1.90. The third-order valence-corrected chi connectivity index (χ3v) is 2.93. The van der Waals surface area contributed by atoms with Crippen LogP contribution in [0.2, 0.25) is 0 Å². The molecule has 2 heterocycles. The second-order valence-electron chi connectivity index (χ2n) is 4.26. The molecule has 19 heavy (non-hydrogen) atoms. The van der Waals surface area contributed by atoms with Crippen molar-refractivity contribution in [3.8, 4) is 0 Å². The average Bonchev–Trinajstić information content (AvgIpc) is 3.01. The van der Waals surface area contributed by atoms with Crippen LogP contribution in [0.4, 0.5) is 0 Å². The van der Waals surface area contributed by atoms with E-state index < -0.39 is 0 Å². The molecule has 0 amide bonds. The molecule has 0 aliphatic rings. The minimum absolute atomic E-state index is 0.168. The smallest absolute Gasteiger partial charge is 0.221 e. The number of benzene rings is 1. The maximum Gasteiger partial charge on any atom is 0.221 e. The van der Waals surface area contributed by atoms with Gasteiger partial charge in [0, 0.05) is 11.1 Å². The number of H-pyrrole nitrogens is 1. The first-order valence-electron chi connectivity index (χ1n) is 5.95. The van der Waals surface area contributed by atoms with Gasteiger partial charge in [-0.1, -0.05) is 18.2 Å². The van der Waals surface area contributed by atoms with Gasteiger partial charge in [0.05, 0.1) is 12.0 Å². The number of nitrogens with zero attached hydrogens (tertiary/aromatic N) is 1. The highest BCUT2D eigenvalue weighted by molar-refractivity contribution is 6.06. The van der Waals surface area contributed by atoms with Gasteiger partial charge in [0.1, 0.15) is 5.58 Å². The van der Waals surface area contributed by atoms with Crippen molar-refractivity contribution < 1.29 is 9.21 Å². The topological polar surface area (TPSA) is 58.9 Å². The van der Waals surface area contributed by atoms with E-state index in [1.807, 2.05) is 31.2 Å². The lowest BCUT2D eigenvalue weighted by Gasteiger charge is -1.89. The third kappa shape index (κ3) is 2.20. The summed E-state index contributed by atoms with van der Waals surface area (Å²) in [5.74, 6) is 0.171. The molecule has 0 unspecified atom stereocenters. The first-order chi connectivity index (χ1) is 9.24. The summed E-state index contributed by atoms with van der Waals surface area (Å²) in [5.41, 5.74) is 2.40. The zero-order valence-corrected chi connectivity index (χ0v) is 10.4. The number of aromatic amines is 1. The van der Waals surface area contributed by atoms with E-state index in [1.54, 1.807) is 18.5 Å². The van der Waals surface area contributed by atoms with Crippen molar-refractivity contribution >= 4 is 22.8 Å². The Morgan fingerprint density at radius 1 is 1.37 bits per heavy atom. The van der Waals surface area contributed by atoms with Crippen LogP contribution in [0.1, 0.15) is 21.9 Å². The number of aromatic nitrogens is 2. The third-order valence-electron chi connectivity index (χ3n) is 2.93. The van der Waals surface area contributed by atoms with Crippen LogP contribution in [0.15, 0.2) is 47.2 Å². The van der Waals surface area contributed by atoms with Crippen LogP contribution in [0, 0.1) is 6.92 Å². The second kappa shape index (κ2) is 4.57. The van der Waals surface area contributed by atoms with Crippen LogP contribution < -0.4 is 0 Å². The van der Waals surface area contributed by atoms with E-state index >= 15 is 0 Å². The van der Waals surface area contributed by atoms with Gasteiger partial charge in [0.2, 0.25) is 5.78 Å². The molecular formula is C15H12N2O2. The van der Waals surface area contributed by atoms with E-state index in [-0.39, 0.29) is 5.78 Å². The van der Waals surface area contributed by atoms with E-state index in [2.05, 4.69) is 9.97 Å². The lowest BCUT2D eigenvalue weighted by molar-refractivity contribution is 0.102. The molecule has 0 fully saturated rings. The fraction of sp³-hybridized carbons (Fsp3) is 0.0667. The zero-order valence-electron chi connectivity index (χ0n) is 10.4. The van der Waals surface area contributed by atoms with Gasteiger partial charge in [-0.25, -0.2) is 4.98 Å². The molecule has 4 nitrogen and oxygen atoms in total. The Morgan fingerprint density at radius 3 is 2.95 bits per heavy atom.